The highest BCUT2D eigenvalue weighted by Gasteiger charge is 2.39. The van der Waals surface area contributed by atoms with Crippen LogP contribution in [-0.2, 0) is 91.3 Å². The number of nitrogens with zero attached hydrogens (tertiary/aromatic N) is 2. The van der Waals surface area contributed by atoms with Gasteiger partial charge in [0.25, 0.3) is 0 Å². The number of carbonyl (C=O) groups is 9. The molecule has 528 valence electrons. The lowest BCUT2D eigenvalue weighted by Gasteiger charge is -2.41. The molecular formula is C70H92F2N8O17. The van der Waals surface area contributed by atoms with Crippen LogP contribution in [0, 0.1) is 17.0 Å². The minimum absolute atomic E-state index is 0.0474. The fourth-order valence-corrected chi connectivity index (χ4v) is 9.84. The fourth-order valence-electron chi connectivity index (χ4n) is 9.84. The number of alkyl carbamates (subject to hydrolysis) is 1. The molecule has 5 rings (SSSR count). The van der Waals surface area contributed by atoms with Crippen LogP contribution in [0.3, 0.4) is 0 Å². The number of rotatable bonds is 42. The Balaban J connectivity index is 1.32. The highest BCUT2D eigenvalue weighted by molar-refractivity contribution is 5.95. The number of primary amides is 1. The van der Waals surface area contributed by atoms with Crippen molar-refractivity contribution in [3.8, 4) is 11.1 Å². The molecule has 27 heteroatoms. The topological polar surface area (TPSA) is 333 Å². The maximum Gasteiger partial charge on any atom is 0.407 e. The van der Waals surface area contributed by atoms with Gasteiger partial charge in [0, 0.05) is 68.5 Å². The molecule has 0 saturated heterocycles. The number of nitrogens with two attached hydrogens (primary N) is 1. The molecule has 0 unspecified atom stereocenters. The average molecular weight is 1360 g/mol. The molecule has 0 aliphatic rings. The molecule has 25 nitrogen and oxygen atoms in total. The van der Waals surface area contributed by atoms with Gasteiger partial charge in [-0.25, -0.2) is 18.4 Å². The molecule has 0 bridgehead atoms. The summed E-state index contributed by atoms with van der Waals surface area (Å²) in [5.74, 6) is -8.81. The lowest BCUT2D eigenvalue weighted by molar-refractivity contribution is -0.150. The normalized spacial score (nSPS) is 12.8. The third kappa shape index (κ3) is 29.8. The van der Waals surface area contributed by atoms with Crippen molar-refractivity contribution in [2.75, 3.05) is 79.1 Å². The van der Waals surface area contributed by atoms with Crippen molar-refractivity contribution in [3.63, 3.8) is 0 Å². The van der Waals surface area contributed by atoms with Crippen LogP contribution in [0.2, 0.25) is 1.41 Å². The van der Waals surface area contributed by atoms with Crippen LogP contribution in [0.5, 0.6) is 0 Å². The number of amides is 7. The molecule has 0 fully saturated rings. The predicted molar refractivity (Wildman–Crippen MR) is 352 cm³/mol. The minimum Gasteiger partial charge on any atom is -0.461 e. The molecule has 0 aliphatic heterocycles. The van der Waals surface area contributed by atoms with Crippen molar-refractivity contribution in [1.82, 2.24) is 36.0 Å². The predicted octanol–water partition coefficient (Wildman–Crippen LogP) is 5.86. The monoisotopic (exact) mass is 1360 g/mol. The Labute approximate surface area is 565 Å². The van der Waals surface area contributed by atoms with E-state index in [9.17, 15) is 52.6 Å². The molecule has 97 heavy (non-hydrogen) atoms. The molecule has 8 N–H and O–H groups in total. The van der Waals surface area contributed by atoms with Crippen LogP contribution in [-0.4, -0.2) is 171 Å². The van der Waals surface area contributed by atoms with E-state index in [2.05, 4.69) is 21.3 Å². The fraction of sp³-hybridized carbons (Fsp3) is 0.471. The standard InChI is InChI=1S/C70H92F2N8O17/c1-69(2,3)64(58-40-51(53-41-52(71)22-23-54(53)72)44-79(58)43-48-16-10-7-11-17-48)80(62(85)45-81)31-27-55(65(87)74-29-26-60(83)76-56(67(89)96-47-50-20-14-9-15-21-50)24-25-63(86)95-46-49-18-12-8-13-19-49)78-66(88)57(42-59(73)82)77-61(84)28-32-91-34-36-93-38-39-94-37-35-92-33-30-75-68(90)97-70(4,5)6/h7-23,40-41,44,55-57,64,81H,24-39,42-43,45-47H2,1-6H3,(H2,73,82)(H,74,87)(H,75,90)(H,76,83)(H,77,84)(H,78,88)/t55-,56-,57-,64-/m0/s1/i/hD. The summed E-state index contributed by atoms with van der Waals surface area (Å²) in [6, 6.07) is 25.3. The molecule has 4 atom stereocenters. The maximum absolute atomic E-state index is 15.6. The van der Waals surface area contributed by atoms with Gasteiger partial charge in [-0.3, -0.25) is 33.6 Å². The Morgan fingerprint density at radius 3 is 1.75 bits per heavy atom. The van der Waals surface area contributed by atoms with Gasteiger partial charge in [-0.2, -0.15) is 0 Å². The number of ether oxygens (including phenoxy) is 7. The smallest absolute Gasteiger partial charge is 0.407 e. The Morgan fingerprint density at radius 1 is 0.619 bits per heavy atom. The van der Waals surface area contributed by atoms with Gasteiger partial charge in [0.15, 0.2) is 1.41 Å². The summed E-state index contributed by atoms with van der Waals surface area (Å²) in [5.41, 5.74) is 6.70. The lowest BCUT2D eigenvalue weighted by Crippen LogP contribution is -2.56. The SMILES string of the molecule is [2H]N(CCC(=O)N[C@@H](CCC(=O)OCc1ccccc1)C(=O)OCc1ccccc1)C(=O)[C@H](CCN(C(=O)CO)[C@@H](c1cc(-c2cc(F)ccc2F)cn1Cc1ccccc1)C(C)(C)C)NC(=O)[C@H](CC(N)=O)NC(=O)CCOCCOCCOCCOCCNC(=O)OC(C)(C)C. The molecular weight excluding hydrogens is 1260 g/mol. The Kier molecular flexibility index (Phi) is 32.5. The number of aromatic nitrogens is 1. The van der Waals surface area contributed by atoms with Crippen LogP contribution in [0.4, 0.5) is 13.6 Å². The van der Waals surface area contributed by atoms with Gasteiger partial charge in [0.2, 0.25) is 35.4 Å². The van der Waals surface area contributed by atoms with Crippen LogP contribution in [0.25, 0.3) is 11.1 Å². The summed E-state index contributed by atoms with van der Waals surface area (Å²) >= 11 is 0. The Morgan fingerprint density at radius 2 is 1.18 bits per heavy atom. The van der Waals surface area contributed by atoms with E-state index in [-0.39, 0.29) is 110 Å². The van der Waals surface area contributed by atoms with Crippen LogP contribution in [0.15, 0.2) is 121 Å². The number of aliphatic hydroxyl groups is 1. The first kappa shape index (κ1) is 76.9. The number of aliphatic hydroxyl groups excluding tert-OH is 1. The molecule has 0 radical (unpaired) electrons. The van der Waals surface area contributed by atoms with Crippen molar-refractivity contribution in [2.24, 2.45) is 11.1 Å². The molecule has 7 amide bonds. The summed E-state index contributed by atoms with van der Waals surface area (Å²) in [6.45, 7) is 9.95. The summed E-state index contributed by atoms with van der Waals surface area (Å²) in [7, 11) is 0. The van der Waals surface area contributed by atoms with E-state index in [4.69, 9.17) is 40.3 Å². The molecule has 0 saturated carbocycles. The lowest BCUT2D eigenvalue weighted by atomic mass is 9.82. The number of hydrogen-bond donors (Lipinski definition) is 7. The number of hydrogen-bond acceptors (Lipinski definition) is 17. The van der Waals surface area contributed by atoms with Crippen molar-refractivity contribution < 1.29 is 91.6 Å². The van der Waals surface area contributed by atoms with E-state index < -0.39 is 139 Å². The largest absolute Gasteiger partial charge is 0.461 e. The van der Waals surface area contributed by atoms with Crippen molar-refractivity contribution in [1.29, 1.82) is 0 Å². The number of benzene rings is 4. The first-order chi connectivity index (χ1) is 46.7. The molecule has 1 aromatic heterocycles. The van der Waals surface area contributed by atoms with Crippen LogP contribution >= 0.6 is 0 Å². The van der Waals surface area contributed by atoms with Gasteiger partial charge in [0.1, 0.15) is 55.2 Å². The number of esters is 2. The van der Waals surface area contributed by atoms with Crippen LogP contribution in [0.1, 0.15) is 108 Å². The van der Waals surface area contributed by atoms with Gasteiger partial charge in [0.05, 0.1) is 65.3 Å². The quantitative estimate of drug-likeness (QED) is 0.0137. The molecule has 1 heterocycles. The number of carbonyl (C=O) groups excluding carboxylic acids is 9. The zero-order chi connectivity index (χ0) is 71.6. The zero-order valence-electron chi connectivity index (χ0n) is 56.9. The van der Waals surface area contributed by atoms with E-state index in [0.717, 1.165) is 23.8 Å². The van der Waals surface area contributed by atoms with E-state index in [1.165, 1.54) is 4.90 Å². The Bertz CT molecular complexity index is 3360. The maximum atomic E-state index is 15.6. The van der Waals surface area contributed by atoms with Gasteiger partial charge >= 0.3 is 18.0 Å². The van der Waals surface area contributed by atoms with Crippen molar-refractivity contribution in [3.05, 3.63) is 155 Å². The highest BCUT2D eigenvalue weighted by atomic mass is 19.1. The van der Waals surface area contributed by atoms with Crippen molar-refractivity contribution >= 4 is 53.5 Å². The first-order valence-electron chi connectivity index (χ1n) is 32.4. The van der Waals surface area contributed by atoms with Gasteiger partial charge < -0.3 is 80.0 Å². The average Bonchev–Trinajstić information content (AvgIpc) is 1.58. The summed E-state index contributed by atoms with van der Waals surface area (Å²) in [6.07, 6.45) is -1.76. The van der Waals surface area contributed by atoms with Gasteiger partial charge in [-0.15, -0.1) is 0 Å². The second-order valence-electron chi connectivity index (χ2n) is 24.5. The first-order valence-corrected chi connectivity index (χ1v) is 32.0. The molecule has 4 aromatic carbocycles. The van der Waals surface area contributed by atoms with Gasteiger partial charge in [-0.1, -0.05) is 112 Å². The summed E-state index contributed by atoms with van der Waals surface area (Å²) in [4.78, 5) is 123. The number of nitrogens with one attached hydrogen (secondary N) is 5. The summed E-state index contributed by atoms with van der Waals surface area (Å²) in [5, 5.41) is 21.1. The minimum atomic E-state index is -1.79. The van der Waals surface area contributed by atoms with Crippen molar-refractivity contribution in [2.45, 2.75) is 130 Å². The highest BCUT2D eigenvalue weighted by Crippen LogP contribution is 2.41. The molecule has 5 aromatic rings. The number of halogens is 2. The molecule has 0 aliphatic carbocycles. The van der Waals surface area contributed by atoms with E-state index in [1.54, 1.807) is 119 Å². The van der Waals surface area contributed by atoms with Crippen LogP contribution < -0.4 is 32.3 Å². The second kappa shape index (κ2) is 41.1. The second-order valence-corrected chi connectivity index (χ2v) is 24.5. The third-order valence-electron chi connectivity index (χ3n) is 14.4. The van der Waals surface area contributed by atoms with E-state index in [1.807, 2.05) is 30.3 Å². The Hall–Kier alpha value is -9.15. The van der Waals surface area contributed by atoms with E-state index in [0.29, 0.717) is 22.1 Å². The molecule has 0 spiro atoms. The van der Waals surface area contributed by atoms with E-state index >= 15 is 4.39 Å². The van der Waals surface area contributed by atoms with Gasteiger partial charge in [-0.05, 0) is 80.0 Å². The third-order valence-corrected chi connectivity index (χ3v) is 14.4. The summed E-state index contributed by atoms with van der Waals surface area (Å²) < 4.78 is 79.1. The zero-order valence-corrected chi connectivity index (χ0v) is 55.9.